The first-order valence-electron chi connectivity index (χ1n) is 12.3. The lowest BCUT2D eigenvalue weighted by molar-refractivity contribution is 0.0942. The molecule has 2 aliphatic rings. The number of aromatic nitrogens is 4. The van der Waals surface area contributed by atoms with E-state index in [0.717, 1.165) is 49.2 Å². The molecular weight excluding hydrogens is 440 g/mol. The van der Waals surface area contributed by atoms with Crippen LogP contribution in [0, 0.1) is 0 Å². The van der Waals surface area contributed by atoms with Crippen LogP contribution in [0.5, 0.6) is 0 Å². The number of nitrogens with one attached hydrogen (secondary N) is 1. The van der Waals surface area contributed by atoms with E-state index in [9.17, 15) is 4.79 Å². The molecule has 1 aromatic carbocycles. The van der Waals surface area contributed by atoms with Gasteiger partial charge in [0.05, 0.1) is 23.7 Å². The number of furan rings is 1. The van der Waals surface area contributed by atoms with Crippen molar-refractivity contribution in [3.05, 3.63) is 71.7 Å². The van der Waals surface area contributed by atoms with Crippen LogP contribution in [-0.4, -0.2) is 56.2 Å². The zero-order valence-corrected chi connectivity index (χ0v) is 19.8. The van der Waals surface area contributed by atoms with Gasteiger partial charge in [0.25, 0.3) is 11.9 Å². The van der Waals surface area contributed by atoms with Crippen molar-refractivity contribution in [3.63, 3.8) is 0 Å². The number of likely N-dealkylation sites (N-methyl/N-ethyl adjacent to an activating group) is 1. The van der Waals surface area contributed by atoms with Gasteiger partial charge in [-0.2, -0.15) is 9.78 Å². The molecule has 0 saturated carbocycles. The average Bonchev–Trinajstić information content (AvgIpc) is 3.67. The van der Waals surface area contributed by atoms with Gasteiger partial charge in [-0.05, 0) is 62.0 Å². The number of carbonyl (C=O) groups excluding carboxylic acids is 1. The van der Waals surface area contributed by atoms with E-state index >= 15 is 0 Å². The molecule has 1 unspecified atom stereocenters. The fraction of sp³-hybridized carbons (Fsp3) is 0.333. The summed E-state index contributed by atoms with van der Waals surface area (Å²) in [4.78, 5) is 25.2. The highest BCUT2D eigenvalue weighted by Gasteiger charge is 2.27. The van der Waals surface area contributed by atoms with Crippen LogP contribution in [0.4, 0.5) is 0 Å². The Balaban J connectivity index is 1.36. The highest BCUT2D eigenvalue weighted by Crippen LogP contribution is 2.33. The summed E-state index contributed by atoms with van der Waals surface area (Å²) in [6.07, 6.45) is 9.20. The number of benzene rings is 1. The zero-order chi connectivity index (χ0) is 23.8. The Kier molecular flexibility index (Phi) is 5.66. The Morgan fingerprint density at radius 3 is 2.89 bits per heavy atom. The summed E-state index contributed by atoms with van der Waals surface area (Å²) in [6.45, 7) is 4.86. The number of amides is 1. The van der Waals surface area contributed by atoms with Crippen molar-refractivity contribution in [2.24, 2.45) is 0 Å². The van der Waals surface area contributed by atoms with Gasteiger partial charge in [-0.3, -0.25) is 9.69 Å². The molecule has 4 aromatic rings. The van der Waals surface area contributed by atoms with E-state index in [-0.39, 0.29) is 5.91 Å². The number of fused-ring (bicyclic) bond motifs is 3. The van der Waals surface area contributed by atoms with Crippen molar-refractivity contribution in [2.75, 3.05) is 19.6 Å². The maximum absolute atomic E-state index is 13.3. The van der Waals surface area contributed by atoms with Gasteiger partial charge in [0, 0.05) is 24.3 Å². The molecule has 0 spiro atoms. The van der Waals surface area contributed by atoms with E-state index in [1.807, 2.05) is 18.3 Å². The second kappa shape index (κ2) is 9.11. The Morgan fingerprint density at radius 2 is 2.03 bits per heavy atom. The molecular formula is C27H28N6O2. The molecule has 1 aliphatic heterocycles. The minimum Gasteiger partial charge on any atom is -0.463 e. The van der Waals surface area contributed by atoms with Crippen LogP contribution in [0.25, 0.3) is 28.7 Å². The van der Waals surface area contributed by atoms with Gasteiger partial charge in [-0.25, -0.2) is 9.97 Å². The van der Waals surface area contributed by atoms with E-state index in [1.165, 1.54) is 12.0 Å². The lowest BCUT2D eigenvalue weighted by Gasteiger charge is -2.22. The molecule has 0 bridgehead atoms. The summed E-state index contributed by atoms with van der Waals surface area (Å²) >= 11 is 0. The highest BCUT2D eigenvalue weighted by atomic mass is 16.3. The molecule has 1 amide bonds. The van der Waals surface area contributed by atoms with Crippen molar-refractivity contribution < 1.29 is 9.21 Å². The zero-order valence-electron chi connectivity index (χ0n) is 19.8. The molecule has 1 saturated heterocycles. The van der Waals surface area contributed by atoms with Crippen LogP contribution in [0.3, 0.4) is 0 Å². The summed E-state index contributed by atoms with van der Waals surface area (Å²) in [7, 11) is 0. The van der Waals surface area contributed by atoms with Gasteiger partial charge in [-0.15, -0.1) is 0 Å². The molecule has 0 radical (unpaired) electrons. The van der Waals surface area contributed by atoms with Crippen molar-refractivity contribution in [2.45, 2.75) is 38.6 Å². The minimum atomic E-state index is -0.172. The SMILES string of the molecule is CCN1CCCC1CNC(=O)c1cnn(-c2ncc3c(n2)-c2ccccc2CC3)c1-c1ccco1. The van der Waals surface area contributed by atoms with E-state index in [2.05, 4.69) is 45.4 Å². The molecule has 8 heteroatoms. The third kappa shape index (κ3) is 3.93. The van der Waals surface area contributed by atoms with E-state index in [1.54, 1.807) is 23.2 Å². The molecule has 35 heavy (non-hydrogen) atoms. The minimum absolute atomic E-state index is 0.172. The number of hydrogen-bond donors (Lipinski definition) is 1. The standard InChI is InChI=1S/C27H28N6O2/c1-2-32-13-5-8-20(32)16-28-26(34)22-17-30-33(25(22)23-10-6-14-35-23)27-29-15-19-12-11-18-7-3-4-9-21(18)24(19)31-27/h3-4,6-7,9-10,14-15,17,20H,2,5,8,11-13,16H2,1H3,(H,28,34). The summed E-state index contributed by atoms with van der Waals surface area (Å²) < 4.78 is 7.32. The van der Waals surface area contributed by atoms with Gasteiger partial charge in [0.1, 0.15) is 5.69 Å². The molecule has 8 nitrogen and oxygen atoms in total. The van der Waals surface area contributed by atoms with E-state index < -0.39 is 0 Å². The largest absolute Gasteiger partial charge is 0.463 e. The van der Waals surface area contributed by atoms with Crippen molar-refractivity contribution in [1.29, 1.82) is 0 Å². The molecule has 6 rings (SSSR count). The van der Waals surface area contributed by atoms with Crippen LogP contribution in [0.1, 0.15) is 41.3 Å². The highest BCUT2D eigenvalue weighted by molar-refractivity contribution is 5.99. The number of carbonyl (C=O) groups is 1. The number of likely N-dealkylation sites (tertiary alicyclic amines) is 1. The fourth-order valence-corrected chi connectivity index (χ4v) is 5.32. The van der Waals surface area contributed by atoms with Crippen LogP contribution in [-0.2, 0) is 12.8 Å². The predicted molar refractivity (Wildman–Crippen MR) is 132 cm³/mol. The van der Waals surface area contributed by atoms with Gasteiger partial charge in [0.2, 0.25) is 0 Å². The monoisotopic (exact) mass is 468 g/mol. The second-order valence-electron chi connectivity index (χ2n) is 9.13. The van der Waals surface area contributed by atoms with Crippen molar-refractivity contribution >= 4 is 5.91 Å². The molecule has 1 atom stereocenters. The van der Waals surface area contributed by atoms with Gasteiger partial charge in [0.15, 0.2) is 5.76 Å². The van der Waals surface area contributed by atoms with Crippen molar-refractivity contribution in [1.82, 2.24) is 30.0 Å². The Morgan fingerprint density at radius 1 is 1.14 bits per heavy atom. The third-order valence-electron chi connectivity index (χ3n) is 7.15. The molecule has 3 aromatic heterocycles. The molecule has 1 N–H and O–H groups in total. The van der Waals surface area contributed by atoms with Crippen molar-refractivity contribution in [3.8, 4) is 28.7 Å². The van der Waals surface area contributed by atoms with Crippen LogP contribution < -0.4 is 5.32 Å². The topological polar surface area (TPSA) is 89.1 Å². The normalized spacial score (nSPS) is 17.2. The molecule has 1 aliphatic carbocycles. The summed E-state index contributed by atoms with van der Waals surface area (Å²) in [5.74, 6) is 0.790. The maximum atomic E-state index is 13.3. The van der Waals surface area contributed by atoms with Gasteiger partial charge in [-0.1, -0.05) is 31.2 Å². The van der Waals surface area contributed by atoms with Crippen LogP contribution in [0.15, 0.2) is 59.5 Å². The quantitative estimate of drug-likeness (QED) is 0.462. The first-order valence-corrected chi connectivity index (χ1v) is 12.3. The Hall–Kier alpha value is -3.78. The number of hydrogen-bond acceptors (Lipinski definition) is 6. The van der Waals surface area contributed by atoms with Crippen LogP contribution in [0.2, 0.25) is 0 Å². The Bertz CT molecular complexity index is 1360. The first kappa shape index (κ1) is 21.7. The van der Waals surface area contributed by atoms with Gasteiger partial charge >= 0.3 is 0 Å². The fourth-order valence-electron chi connectivity index (χ4n) is 5.32. The lowest BCUT2D eigenvalue weighted by Crippen LogP contribution is -2.40. The number of nitrogens with zero attached hydrogens (tertiary/aromatic N) is 5. The lowest BCUT2D eigenvalue weighted by atomic mass is 9.90. The van der Waals surface area contributed by atoms with Crippen LogP contribution >= 0.6 is 0 Å². The summed E-state index contributed by atoms with van der Waals surface area (Å²) in [5.41, 5.74) is 5.44. The molecule has 178 valence electrons. The molecule has 1 fully saturated rings. The summed E-state index contributed by atoms with van der Waals surface area (Å²) in [5, 5.41) is 7.66. The van der Waals surface area contributed by atoms with Gasteiger partial charge < -0.3 is 9.73 Å². The predicted octanol–water partition coefficient (Wildman–Crippen LogP) is 3.90. The Labute approximate surface area is 204 Å². The third-order valence-corrected chi connectivity index (χ3v) is 7.15. The number of rotatable bonds is 6. The second-order valence-corrected chi connectivity index (χ2v) is 9.13. The van der Waals surface area contributed by atoms with E-state index in [4.69, 9.17) is 9.40 Å². The smallest absolute Gasteiger partial charge is 0.255 e. The number of aryl methyl sites for hydroxylation is 2. The first-order chi connectivity index (χ1) is 17.2. The summed E-state index contributed by atoms with van der Waals surface area (Å²) in [6, 6.07) is 12.3. The average molecular weight is 469 g/mol. The van der Waals surface area contributed by atoms with E-state index in [0.29, 0.717) is 35.6 Å². The molecule has 4 heterocycles. The maximum Gasteiger partial charge on any atom is 0.255 e.